The van der Waals surface area contributed by atoms with E-state index in [0.29, 0.717) is 0 Å². The van der Waals surface area contributed by atoms with Gasteiger partial charge in [-0.2, -0.15) is 5.26 Å². The van der Waals surface area contributed by atoms with E-state index in [1.807, 2.05) is 43.3 Å². The van der Waals surface area contributed by atoms with Crippen molar-refractivity contribution in [3.05, 3.63) is 29.8 Å². The fraction of sp³-hybridized carbons (Fsp3) is 0.364. The monoisotopic (exact) mass is 190 g/mol. The van der Waals surface area contributed by atoms with Crippen LogP contribution >= 0.6 is 0 Å². The molecule has 1 N–H and O–H groups in total. The van der Waals surface area contributed by atoms with Crippen molar-refractivity contribution in [1.29, 1.82) is 5.26 Å². The van der Waals surface area contributed by atoms with Crippen molar-refractivity contribution < 1.29 is 5.11 Å². The molecule has 0 heterocycles. The predicted molar refractivity (Wildman–Crippen MR) is 56.2 cm³/mol. The van der Waals surface area contributed by atoms with Crippen LogP contribution < -0.4 is 4.90 Å². The second-order valence-corrected chi connectivity index (χ2v) is 3.35. The minimum absolute atomic E-state index is 0.127. The normalized spacial score (nSPS) is 11.9. The maximum absolute atomic E-state index is 8.93. The van der Waals surface area contributed by atoms with E-state index in [1.165, 1.54) is 0 Å². The molecule has 1 aromatic carbocycles. The summed E-state index contributed by atoms with van der Waals surface area (Å²) in [6, 6.07) is 9.68. The third-order valence-corrected chi connectivity index (χ3v) is 2.15. The number of anilines is 1. The molecule has 0 radical (unpaired) electrons. The maximum Gasteiger partial charge on any atom is 0.0943 e. The zero-order valence-corrected chi connectivity index (χ0v) is 8.44. The first kappa shape index (κ1) is 10.6. The van der Waals surface area contributed by atoms with Crippen LogP contribution in [0.2, 0.25) is 0 Å². The first-order chi connectivity index (χ1) is 6.69. The summed E-state index contributed by atoms with van der Waals surface area (Å²) in [6.07, 6.45) is 0. The Kier molecular flexibility index (Phi) is 3.49. The standard InChI is InChI=1S/C11H14N2O/c1-13(2)11-5-3-9(4-6-11)10(7-12)8-14/h3-6,10,14H,8H2,1-2H3. The molecule has 0 aromatic heterocycles. The number of aliphatic hydroxyl groups is 1. The van der Waals surface area contributed by atoms with Crippen LogP contribution in [-0.4, -0.2) is 25.8 Å². The number of nitrogens with zero attached hydrogens (tertiary/aromatic N) is 2. The summed E-state index contributed by atoms with van der Waals surface area (Å²) in [5, 5.41) is 17.7. The van der Waals surface area contributed by atoms with Gasteiger partial charge in [-0.25, -0.2) is 0 Å². The number of aliphatic hydroxyl groups excluding tert-OH is 1. The molecule has 0 saturated carbocycles. The van der Waals surface area contributed by atoms with Crippen LogP contribution in [0.25, 0.3) is 0 Å². The van der Waals surface area contributed by atoms with E-state index in [1.54, 1.807) is 0 Å². The Balaban J connectivity index is 2.88. The predicted octanol–water partition coefficient (Wildman–Crippen LogP) is 1.35. The molecule has 0 aliphatic carbocycles. The highest BCUT2D eigenvalue weighted by molar-refractivity contribution is 5.47. The molecule has 3 nitrogen and oxygen atoms in total. The molecule has 14 heavy (non-hydrogen) atoms. The molecule has 1 atom stereocenters. The van der Waals surface area contributed by atoms with E-state index >= 15 is 0 Å². The van der Waals surface area contributed by atoms with Crippen LogP contribution in [0.3, 0.4) is 0 Å². The third kappa shape index (κ3) is 2.24. The van der Waals surface area contributed by atoms with Crippen molar-refractivity contribution in [2.45, 2.75) is 5.92 Å². The van der Waals surface area contributed by atoms with E-state index in [2.05, 4.69) is 6.07 Å². The third-order valence-electron chi connectivity index (χ3n) is 2.15. The van der Waals surface area contributed by atoms with Gasteiger partial charge in [0.05, 0.1) is 18.6 Å². The van der Waals surface area contributed by atoms with Gasteiger partial charge < -0.3 is 10.0 Å². The highest BCUT2D eigenvalue weighted by Crippen LogP contribution is 2.18. The Labute approximate surface area is 84.2 Å². The average Bonchev–Trinajstić information content (AvgIpc) is 2.20. The van der Waals surface area contributed by atoms with Gasteiger partial charge in [0.15, 0.2) is 0 Å². The minimum atomic E-state index is -0.411. The molecule has 0 amide bonds. The Morgan fingerprint density at radius 1 is 1.36 bits per heavy atom. The second-order valence-electron chi connectivity index (χ2n) is 3.35. The molecular formula is C11H14N2O. The highest BCUT2D eigenvalue weighted by atomic mass is 16.3. The molecule has 0 aliphatic rings. The van der Waals surface area contributed by atoms with Crippen LogP contribution in [0.4, 0.5) is 5.69 Å². The smallest absolute Gasteiger partial charge is 0.0943 e. The van der Waals surface area contributed by atoms with Gasteiger partial charge in [-0.3, -0.25) is 0 Å². The molecule has 0 bridgehead atoms. The Bertz CT molecular complexity index is 324. The van der Waals surface area contributed by atoms with Crippen LogP contribution in [0.15, 0.2) is 24.3 Å². The summed E-state index contributed by atoms with van der Waals surface area (Å²) in [7, 11) is 3.92. The summed E-state index contributed by atoms with van der Waals surface area (Å²) in [5.41, 5.74) is 1.95. The molecule has 0 spiro atoms. The largest absolute Gasteiger partial charge is 0.395 e. The van der Waals surface area contributed by atoms with Gasteiger partial charge in [-0.15, -0.1) is 0 Å². The van der Waals surface area contributed by atoms with Crippen molar-refractivity contribution in [2.75, 3.05) is 25.6 Å². The number of hydrogen-bond acceptors (Lipinski definition) is 3. The lowest BCUT2D eigenvalue weighted by Crippen LogP contribution is -2.09. The molecule has 1 aromatic rings. The van der Waals surface area contributed by atoms with Crippen LogP contribution in [0, 0.1) is 11.3 Å². The molecule has 1 rings (SSSR count). The lowest BCUT2D eigenvalue weighted by atomic mass is 10.0. The van der Waals surface area contributed by atoms with Crippen molar-refractivity contribution in [1.82, 2.24) is 0 Å². The van der Waals surface area contributed by atoms with Gasteiger partial charge in [-0.05, 0) is 17.7 Å². The van der Waals surface area contributed by atoms with Crippen molar-refractivity contribution in [2.24, 2.45) is 0 Å². The van der Waals surface area contributed by atoms with Crippen LogP contribution in [0.5, 0.6) is 0 Å². The van der Waals surface area contributed by atoms with Gasteiger partial charge >= 0.3 is 0 Å². The number of benzene rings is 1. The van der Waals surface area contributed by atoms with Crippen LogP contribution in [0.1, 0.15) is 11.5 Å². The van der Waals surface area contributed by atoms with Gasteiger partial charge in [-0.1, -0.05) is 12.1 Å². The molecule has 1 unspecified atom stereocenters. The van der Waals surface area contributed by atoms with E-state index in [4.69, 9.17) is 10.4 Å². The second kappa shape index (κ2) is 4.64. The lowest BCUT2D eigenvalue weighted by Gasteiger charge is -2.13. The van der Waals surface area contributed by atoms with Gasteiger partial charge in [0, 0.05) is 19.8 Å². The minimum Gasteiger partial charge on any atom is -0.395 e. The summed E-state index contributed by atoms with van der Waals surface area (Å²) in [5.74, 6) is -0.411. The van der Waals surface area contributed by atoms with Crippen molar-refractivity contribution >= 4 is 5.69 Å². The summed E-state index contributed by atoms with van der Waals surface area (Å²) < 4.78 is 0. The van der Waals surface area contributed by atoms with Gasteiger partial charge in [0.25, 0.3) is 0 Å². The fourth-order valence-corrected chi connectivity index (χ4v) is 1.23. The van der Waals surface area contributed by atoms with Gasteiger partial charge in [0.2, 0.25) is 0 Å². The molecule has 0 fully saturated rings. The van der Waals surface area contributed by atoms with Gasteiger partial charge in [0.1, 0.15) is 0 Å². The molecule has 0 aliphatic heterocycles. The Morgan fingerprint density at radius 2 is 1.93 bits per heavy atom. The first-order valence-electron chi connectivity index (χ1n) is 4.46. The quantitative estimate of drug-likeness (QED) is 0.782. The number of rotatable bonds is 3. The zero-order valence-electron chi connectivity index (χ0n) is 8.44. The maximum atomic E-state index is 8.93. The van der Waals surface area contributed by atoms with Crippen molar-refractivity contribution in [3.8, 4) is 6.07 Å². The summed E-state index contributed by atoms with van der Waals surface area (Å²) >= 11 is 0. The fourth-order valence-electron chi connectivity index (χ4n) is 1.23. The van der Waals surface area contributed by atoms with Crippen molar-refractivity contribution in [3.63, 3.8) is 0 Å². The van der Waals surface area contributed by atoms with Crippen LogP contribution in [-0.2, 0) is 0 Å². The average molecular weight is 190 g/mol. The molecule has 3 heteroatoms. The molecular weight excluding hydrogens is 176 g/mol. The molecule has 0 saturated heterocycles. The summed E-state index contributed by atoms with van der Waals surface area (Å²) in [4.78, 5) is 1.99. The number of hydrogen-bond donors (Lipinski definition) is 1. The summed E-state index contributed by atoms with van der Waals surface area (Å²) in [6.45, 7) is -0.127. The topological polar surface area (TPSA) is 47.3 Å². The van der Waals surface area contributed by atoms with E-state index in [-0.39, 0.29) is 6.61 Å². The number of nitriles is 1. The Morgan fingerprint density at radius 3 is 2.29 bits per heavy atom. The molecule has 74 valence electrons. The van der Waals surface area contributed by atoms with E-state index < -0.39 is 5.92 Å². The zero-order chi connectivity index (χ0) is 10.6. The highest BCUT2D eigenvalue weighted by Gasteiger charge is 2.08. The van der Waals surface area contributed by atoms with E-state index in [0.717, 1.165) is 11.3 Å². The first-order valence-corrected chi connectivity index (χ1v) is 4.46. The van der Waals surface area contributed by atoms with E-state index in [9.17, 15) is 0 Å². The lowest BCUT2D eigenvalue weighted by molar-refractivity contribution is 0.286. The SMILES string of the molecule is CN(C)c1ccc(C(C#N)CO)cc1. The Hall–Kier alpha value is -1.53.